The van der Waals surface area contributed by atoms with E-state index < -0.39 is 0 Å². The SMILES string of the molecule is COC(=O)C[C@H]1CC[C@@H](CNC(=O)Cn2nc(C)cc2C)N1CC1CC1. The van der Waals surface area contributed by atoms with E-state index in [4.69, 9.17) is 4.74 Å². The lowest BCUT2D eigenvalue weighted by molar-refractivity contribution is -0.142. The van der Waals surface area contributed by atoms with Gasteiger partial charge in [0.05, 0.1) is 19.2 Å². The third-order valence-corrected chi connectivity index (χ3v) is 5.50. The lowest BCUT2D eigenvalue weighted by atomic mass is 10.1. The van der Waals surface area contributed by atoms with E-state index in [1.165, 1.54) is 20.0 Å². The average molecular weight is 362 g/mol. The number of aromatic nitrogens is 2. The number of carbonyl (C=O) groups is 2. The Labute approximate surface area is 155 Å². The van der Waals surface area contributed by atoms with Crippen LogP contribution in [-0.4, -0.2) is 58.8 Å². The summed E-state index contributed by atoms with van der Waals surface area (Å²) in [5.41, 5.74) is 1.92. The minimum atomic E-state index is -0.148. The van der Waals surface area contributed by atoms with Crippen LogP contribution in [0, 0.1) is 19.8 Å². The van der Waals surface area contributed by atoms with Gasteiger partial charge in [0.15, 0.2) is 0 Å². The van der Waals surface area contributed by atoms with Crippen LogP contribution >= 0.6 is 0 Å². The first-order valence-corrected chi connectivity index (χ1v) is 9.56. The highest BCUT2D eigenvalue weighted by molar-refractivity contribution is 5.75. The number of carbonyl (C=O) groups excluding carboxylic acids is 2. The molecule has 1 aliphatic heterocycles. The van der Waals surface area contributed by atoms with Crippen molar-refractivity contribution in [2.75, 3.05) is 20.2 Å². The van der Waals surface area contributed by atoms with Gasteiger partial charge in [-0.1, -0.05) is 0 Å². The summed E-state index contributed by atoms with van der Waals surface area (Å²) in [5, 5.41) is 7.40. The third-order valence-electron chi connectivity index (χ3n) is 5.50. The standard InChI is InChI=1S/C19H30N4O3/c1-13-8-14(2)23(21-13)12-18(24)20-10-17-7-6-16(9-19(25)26-3)22(17)11-15-4-5-15/h8,15-17H,4-7,9-12H2,1-3H3,(H,20,24)/t16-,17+/m1/s1. The molecular weight excluding hydrogens is 332 g/mol. The van der Waals surface area contributed by atoms with Gasteiger partial charge >= 0.3 is 5.97 Å². The zero-order chi connectivity index (χ0) is 18.7. The fourth-order valence-electron chi connectivity index (χ4n) is 3.88. The fraction of sp³-hybridized carbons (Fsp3) is 0.737. The first kappa shape index (κ1) is 18.9. The molecule has 0 bridgehead atoms. The van der Waals surface area contributed by atoms with E-state index in [9.17, 15) is 9.59 Å². The molecule has 0 unspecified atom stereocenters. The van der Waals surface area contributed by atoms with Crippen molar-refractivity contribution in [1.82, 2.24) is 20.0 Å². The number of ether oxygens (including phenoxy) is 1. The number of nitrogens with one attached hydrogen (secondary N) is 1. The van der Waals surface area contributed by atoms with Crippen LogP contribution in [-0.2, 0) is 20.9 Å². The van der Waals surface area contributed by atoms with Crippen LogP contribution in [0.15, 0.2) is 6.07 Å². The predicted octanol–water partition coefficient (Wildman–Crippen LogP) is 1.42. The van der Waals surface area contributed by atoms with Gasteiger partial charge in [0, 0.05) is 30.9 Å². The molecule has 26 heavy (non-hydrogen) atoms. The van der Waals surface area contributed by atoms with E-state index in [-0.39, 0.29) is 24.5 Å². The predicted molar refractivity (Wildman–Crippen MR) is 97.6 cm³/mol. The lowest BCUT2D eigenvalue weighted by Crippen LogP contribution is -2.45. The number of hydrogen-bond donors (Lipinski definition) is 1. The topological polar surface area (TPSA) is 76.5 Å². The highest BCUT2D eigenvalue weighted by Crippen LogP contribution is 2.35. The minimum Gasteiger partial charge on any atom is -0.469 e. The Bertz CT molecular complexity index is 653. The molecule has 1 saturated heterocycles. The van der Waals surface area contributed by atoms with Crippen LogP contribution in [0.25, 0.3) is 0 Å². The Morgan fingerprint density at radius 3 is 2.58 bits per heavy atom. The summed E-state index contributed by atoms with van der Waals surface area (Å²) in [6, 6.07) is 2.51. The Morgan fingerprint density at radius 1 is 1.23 bits per heavy atom. The molecule has 144 valence electrons. The highest BCUT2D eigenvalue weighted by Gasteiger charge is 2.38. The number of methoxy groups -OCH3 is 1. The molecule has 2 aliphatic rings. The summed E-state index contributed by atoms with van der Waals surface area (Å²) in [6.07, 6.45) is 4.99. The number of esters is 1. The molecule has 2 fully saturated rings. The van der Waals surface area contributed by atoms with Crippen molar-refractivity contribution in [3.8, 4) is 0 Å². The van der Waals surface area contributed by atoms with Gasteiger partial charge in [0.25, 0.3) is 0 Å². The van der Waals surface area contributed by atoms with Crippen LogP contribution in [0.3, 0.4) is 0 Å². The third kappa shape index (κ3) is 4.84. The van der Waals surface area contributed by atoms with Crippen molar-refractivity contribution in [3.63, 3.8) is 0 Å². The largest absolute Gasteiger partial charge is 0.469 e. The van der Waals surface area contributed by atoms with Gasteiger partial charge < -0.3 is 10.1 Å². The molecule has 2 heterocycles. The van der Waals surface area contributed by atoms with Crippen molar-refractivity contribution in [2.45, 2.75) is 64.6 Å². The number of likely N-dealkylation sites (tertiary alicyclic amines) is 1. The minimum absolute atomic E-state index is 0.0148. The molecule has 1 aliphatic carbocycles. The maximum Gasteiger partial charge on any atom is 0.307 e. The molecule has 7 nitrogen and oxygen atoms in total. The monoisotopic (exact) mass is 362 g/mol. The molecule has 2 atom stereocenters. The zero-order valence-corrected chi connectivity index (χ0v) is 16.0. The van der Waals surface area contributed by atoms with Gasteiger partial charge in [-0.3, -0.25) is 19.2 Å². The van der Waals surface area contributed by atoms with E-state index >= 15 is 0 Å². The number of rotatable bonds is 8. The number of aryl methyl sites for hydroxylation is 2. The molecule has 1 aromatic heterocycles. The Kier molecular flexibility index (Phi) is 5.96. The van der Waals surface area contributed by atoms with Crippen molar-refractivity contribution in [3.05, 3.63) is 17.5 Å². The molecule has 1 aromatic rings. The van der Waals surface area contributed by atoms with Crippen LogP contribution in [0.4, 0.5) is 0 Å². The van der Waals surface area contributed by atoms with E-state index in [2.05, 4.69) is 15.3 Å². The van der Waals surface area contributed by atoms with Crippen LogP contribution < -0.4 is 5.32 Å². The van der Waals surface area contributed by atoms with E-state index in [0.717, 1.165) is 36.7 Å². The van der Waals surface area contributed by atoms with Gasteiger partial charge in [0.1, 0.15) is 6.54 Å². The second kappa shape index (κ2) is 8.20. The molecule has 7 heteroatoms. The van der Waals surface area contributed by atoms with Crippen LogP contribution in [0.2, 0.25) is 0 Å². The fourth-order valence-corrected chi connectivity index (χ4v) is 3.88. The first-order valence-electron chi connectivity index (χ1n) is 9.56. The second-order valence-corrected chi connectivity index (χ2v) is 7.69. The van der Waals surface area contributed by atoms with E-state index in [1.54, 1.807) is 4.68 Å². The molecule has 0 spiro atoms. The summed E-state index contributed by atoms with van der Waals surface area (Å²) < 4.78 is 6.59. The van der Waals surface area contributed by atoms with Crippen molar-refractivity contribution in [1.29, 1.82) is 0 Å². The summed E-state index contributed by atoms with van der Waals surface area (Å²) in [6.45, 7) is 5.79. The van der Waals surface area contributed by atoms with E-state index in [1.807, 2.05) is 19.9 Å². The number of hydrogen-bond acceptors (Lipinski definition) is 5. The lowest BCUT2D eigenvalue weighted by Gasteiger charge is -2.30. The molecule has 1 amide bonds. The van der Waals surface area contributed by atoms with Gasteiger partial charge in [-0.25, -0.2) is 0 Å². The highest BCUT2D eigenvalue weighted by atomic mass is 16.5. The summed E-state index contributed by atoms with van der Waals surface area (Å²) in [5.74, 6) is 0.588. The second-order valence-electron chi connectivity index (χ2n) is 7.69. The molecule has 1 N–H and O–H groups in total. The van der Waals surface area contributed by atoms with E-state index in [0.29, 0.717) is 19.0 Å². The Morgan fingerprint density at radius 2 is 1.96 bits per heavy atom. The molecule has 0 aromatic carbocycles. The summed E-state index contributed by atoms with van der Waals surface area (Å²) >= 11 is 0. The van der Waals surface area contributed by atoms with Crippen molar-refractivity contribution >= 4 is 11.9 Å². The number of nitrogens with zero attached hydrogens (tertiary/aromatic N) is 3. The Hall–Kier alpha value is -1.89. The quantitative estimate of drug-likeness (QED) is 0.708. The van der Waals surface area contributed by atoms with Crippen molar-refractivity contribution < 1.29 is 14.3 Å². The van der Waals surface area contributed by atoms with Gasteiger partial charge in [0.2, 0.25) is 5.91 Å². The van der Waals surface area contributed by atoms with Crippen LogP contribution in [0.5, 0.6) is 0 Å². The maximum atomic E-state index is 12.3. The molecule has 3 rings (SSSR count). The average Bonchev–Trinajstić information content (AvgIpc) is 3.26. The first-order chi connectivity index (χ1) is 12.5. The van der Waals surface area contributed by atoms with Gasteiger partial charge in [-0.15, -0.1) is 0 Å². The number of amides is 1. The normalized spacial score (nSPS) is 23.2. The molecular formula is C19H30N4O3. The van der Waals surface area contributed by atoms with Crippen LogP contribution in [0.1, 0.15) is 43.5 Å². The summed E-state index contributed by atoms with van der Waals surface area (Å²) in [7, 11) is 1.44. The smallest absolute Gasteiger partial charge is 0.307 e. The summed E-state index contributed by atoms with van der Waals surface area (Å²) in [4.78, 5) is 26.4. The van der Waals surface area contributed by atoms with Gasteiger partial charge in [-0.2, -0.15) is 5.10 Å². The Balaban J connectivity index is 1.52. The zero-order valence-electron chi connectivity index (χ0n) is 16.0. The van der Waals surface area contributed by atoms with Crippen molar-refractivity contribution in [2.24, 2.45) is 5.92 Å². The maximum absolute atomic E-state index is 12.3. The molecule has 1 saturated carbocycles. The molecule has 0 radical (unpaired) electrons. The van der Waals surface area contributed by atoms with Gasteiger partial charge in [-0.05, 0) is 51.5 Å².